The third-order valence-corrected chi connectivity index (χ3v) is 3.43. The van der Waals surface area contributed by atoms with Crippen molar-refractivity contribution in [2.45, 2.75) is 0 Å². The van der Waals surface area contributed by atoms with Crippen LogP contribution in [0.4, 0.5) is 5.69 Å². The van der Waals surface area contributed by atoms with E-state index in [4.69, 9.17) is 0 Å². The van der Waals surface area contributed by atoms with Crippen LogP contribution in [-0.4, -0.2) is 15.8 Å². The van der Waals surface area contributed by atoms with Crippen molar-refractivity contribution in [3.63, 3.8) is 0 Å². The second kappa shape index (κ2) is 11.4. The standard InChI is InChI=1S/C19H16N4S.ClH.Ni/c24-19(21-16-11-5-2-6-12-16)23-22-18(15-9-3-1-4-10-15)17-13-7-8-14-20-17;;/h1-14H,(H2,20,21,23,24);1H;/q;;+1/p-1. The fourth-order valence-electron chi connectivity index (χ4n) is 2.13. The maximum absolute atomic E-state index is 4.37. The largest absolute Gasteiger partial charge is 0.509 e. The Bertz CT molecular complexity index is 788. The molecule has 0 saturated heterocycles. The Kier molecular flexibility index (Phi) is 8.77. The summed E-state index contributed by atoms with van der Waals surface area (Å²) < 4.78 is 0. The number of anilines is 1. The summed E-state index contributed by atoms with van der Waals surface area (Å²) in [5.41, 5.74) is 7.49. The number of thiol groups is 1. The third kappa shape index (κ3) is 6.23. The molecule has 7 heteroatoms. The van der Waals surface area contributed by atoms with E-state index in [1.807, 2.05) is 78.9 Å². The smallest absolute Gasteiger partial charge is 0.212 e. The molecule has 3 rings (SSSR count). The molecule has 0 aliphatic carbocycles. The van der Waals surface area contributed by atoms with Crippen LogP contribution in [0.2, 0.25) is 0 Å². The molecule has 26 heavy (non-hydrogen) atoms. The number of para-hydroxylation sites is 1. The van der Waals surface area contributed by atoms with E-state index < -0.39 is 0 Å². The Morgan fingerprint density at radius 1 is 0.923 bits per heavy atom. The first-order valence-corrected chi connectivity index (χ1v) is 9.39. The molecule has 135 valence electrons. The minimum atomic E-state index is 0.408. The van der Waals surface area contributed by atoms with E-state index in [0.29, 0.717) is 10.8 Å². The van der Waals surface area contributed by atoms with E-state index in [9.17, 15) is 0 Å². The van der Waals surface area contributed by atoms with Crippen molar-refractivity contribution in [3.05, 3.63) is 102 Å². The predicted octanol–water partition coefficient (Wildman–Crippen LogP) is 4.37. The Morgan fingerprint density at radius 3 is 2.15 bits per heavy atom. The molecule has 0 unspecified atom stereocenters. The van der Waals surface area contributed by atoms with Crippen molar-refractivity contribution in [2.75, 3.05) is 5.32 Å². The number of nitrogens with one attached hydrogen (secondary N) is 1. The van der Waals surface area contributed by atoms with Crippen molar-refractivity contribution in [2.24, 2.45) is 5.10 Å². The van der Waals surface area contributed by atoms with Crippen LogP contribution in [0.1, 0.15) is 11.3 Å². The third-order valence-electron chi connectivity index (χ3n) is 3.23. The zero-order valence-corrected chi connectivity index (χ0v) is 16.2. The maximum Gasteiger partial charge on any atom is 0.212 e. The van der Waals surface area contributed by atoms with Gasteiger partial charge in [-0.25, -0.2) is 0 Å². The van der Waals surface area contributed by atoms with Gasteiger partial charge in [0.15, 0.2) is 12.2 Å². The summed E-state index contributed by atoms with van der Waals surface area (Å²) in [6.07, 6.45) is 1.74. The van der Waals surface area contributed by atoms with Crippen LogP contribution in [0.15, 0.2) is 90.2 Å². The van der Waals surface area contributed by atoms with Gasteiger partial charge in [0.1, 0.15) is 0 Å². The zero-order valence-electron chi connectivity index (χ0n) is 13.6. The average Bonchev–Trinajstić information content (AvgIpc) is 2.72. The van der Waals surface area contributed by atoms with Crippen LogP contribution >= 0.6 is 10.2 Å². The van der Waals surface area contributed by atoms with Crippen LogP contribution in [0.3, 0.4) is 0 Å². The van der Waals surface area contributed by atoms with E-state index in [0.717, 1.165) is 16.9 Å². The first-order chi connectivity index (χ1) is 12.8. The number of rotatable bonds is 4. The number of aromatic nitrogens is 1. The van der Waals surface area contributed by atoms with Crippen molar-refractivity contribution in [1.82, 2.24) is 4.98 Å². The molecule has 1 heterocycles. The predicted molar refractivity (Wildman–Crippen MR) is 109 cm³/mol. The van der Waals surface area contributed by atoms with E-state index in [1.165, 1.54) is 0 Å². The molecule has 3 aromatic rings. The molecule has 0 amide bonds. The molecule has 0 radical (unpaired) electrons. The zero-order chi connectivity index (χ0) is 18.6. The number of nitrogens with zero attached hydrogens (tertiary/aromatic N) is 3. The normalized spacial score (nSPS) is 10.3. The molecule has 0 spiro atoms. The number of halogens is 1. The van der Waals surface area contributed by atoms with Crippen LogP contribution in [0.25, 0.3) is 5.43 Å². The van der Waals surface area contributed by atoms with Crippen LogP contribution < -0.4 is 5.32 Å². The first-order valence-electron chi connectivity index (χ1n) is 7.58. The Morgan fingerprint density at radius 2 is 1.54 bits per heavy atom. The molecule has 0 atom stereocenters. The van der Waals surface area contributed by atoms with Gasteiger partial charge in [-0.2, -0.15) is 0 Å². The summed E-state index contributed by atoms with van der Waals surface area (Å²) in [4.78, 5) is 4.37. The van der Waals surface area contributed by atoms with Crippen molar-refractivity contribution in [1.29, 1.82) is 0 Å². The van der Waals surface area contributed by atoms with E-state index in [-0.39, 0.29) is 0 Å². The van der Waals surface area contributed by atoms with Gasteiger partial charge >= 0.3 is 24.8 Å². The summed E-state index contributed by atoms with van der Waals surface area (Å²) in [5.74, 6) is 0. The molecule has 0 aliphatic rings. The minimum absolute atomic E-state index is 0.408. The molecule has 0 bridgehead atoms. The van der Waals surface area contributed by atoms with E-state index >= 15 is 0 Å². The second-order valence-corrected chi connectivity index (χ2v) is 5.37. The van der Waals surface area contributed by atoms with E-state index in [1.54, 1.807) is 6.20 Å². The number of pyridine rings is 1. The Balaban J connectivity index is 0.00000117. The topological polar surface area (TPSA) is 51.4 Å². The van der Waals surface area contributed by atoms with Gasteiger partial charge in [-0.15, -0.1) is 0 Å². The summed E-state index contributed by atoms with van der Waals surface area (Å²) in [5, 5.41) is 7.86. The monoisotopic (exact) mass is 425 g/mol. The fraction of sp³-hybridized carbons (Fsp3) is 0. The Labute approximate surface area is 170 Å². The van der Waals surface area contributed by atoms with Gasteiger partial charge in [0.25, 0.3) is 0 Å². The SMILES string of the molecule is [Cl][Ni].[SH+]=C([N-]N=C(c1ccccc1)c1ccccn1)Nc1ccccc1. The summed E-state index contributed by atoms with van der Waals surface area (Å²) in [6.45, 7) is 0. The van der Waals surface area contributed by atoms with Gasteiger partial charge < -0.3 is 15.8 Å². The molecule has 0 fully saturated rings. The fourth-order valence-corrected chi connectivity index (χ4v) is 2.30. The molecule has 4 nitrogen and oxygen atoms in total. The average molecular weight is 427 g/mol. The van der Waals surface area contributed by atoms with E-state index in [2.05, 4.69) is 57.8 Å². The van der Waals surface area contributed by atoms with Gasteiger partial charge in [-0.1, -0.05) is 54.6 Å². The van der Waals surface area contributed by atoms with Gasteiger partial charge in [0, 0.05) is 17.4 Å². The van der Waals surface area contributed by atoms with Crippen molar-refractivity contribution >= 4 is 38.9 Å². The summed E-state index contributed by atoms with van der Waals surface area (Å²) in [7, 11) is 4.26. The van der Waals surface area contributed by atoms with Crippen LogP contribution in [0, 0.1) is 0 Å². The maximum atomic E-state index is 4.37. The van der Waals surface area contributed by atoms with Gasteiger partial charge in [-0.05, 0) is 24.3 Å². The molecule has 0 saturated carbocycles. The molecule has 0 aliphatic heterocycles. The number of hydrogen-bond donors (Lipinski definition) is 1. The minimum Gasteiger partial charge on any atom is -0.509 e. The number of benzene rings is 2. The number of hydrogen-bond acceptors (Lipinski definition) is 2. The van der Waals surface area contributed by atoms with Crippen LogP contribution in [-0.2, 0) is 26.8 Å². The summed E-state index contributed by atoms with van der Waals surface area (Å²) >= 11 is 7.70. The molecule has 2 aromatic carbocycles. The van der Waals surface area contributed by atoms with Crippen molar-refractivity contribution in [3.8, 4) is 0 Å². The Hall–Kier alpha value is -2.27. The van der Waals surface area contributed by atoms with Gasteiger partial charge in [0.05, 0.1) is 11.4 Å². The second-order valence-electron chi connectivity index (χ2n) is 4.94. The van der Waals surface area contributed by atoms with Gasteiger partial charge in [0.2, 0.25) is 5.11 Å². The molecular formula is C19H16ClN4NiS. The molecular weight excluding hydrogens is 410 g/mol. The van der Waals surface area contributed by atoms with Gasteiger partial charge in [-0.3, -0.25) is 4.98 Å². The van der Waals surface area contributed by atoms with Crippen molar-refractivity contribution < 1.29 is 14.6 Å². The first kappa shape index (κ1) is 20.1. The molecule has 1 aromatic heterocycles. The quantitative estimate of drug-likeness (QED) is 0.168. The summed E-state index contributed by atoms with van der Waals surface area (Å²) in [6, 6.07) is 25.2. The van der Waals surface area contributed by atoms with Crippen LogP contribution in [0.5, 0.6) is 0 Å². The molecule has 1 N–H and O–H groups in total.